The van der Waals surface area contributed by atoms with E-state index in [2.05, 4.69) is 18.3 Å². The Bertz CT molecular complexity index is 1600. The molecule has 1 fully saturated rings. The van der Waals surface area contributed by atoms with E-state index in [9.17, 15) is 24.9 Å². The Labute approximate surface area is 272 Å². The number of nitrogens with one attached hydrogen (secondary N) is 1. The number of aromatic hydroxyl groups is 1. The molecule has 7 nitrogen and oxygen atoms in total. The normalized spacial score (nSPS) is 20.7. The lowest BCUT2D eigenvalue weighted by molar-refractivity contribution is -0.123. The second-order valence-electron chi connectivity index (χ2n) is 12.7. The van der Waals surface area contributed by atoms with Crippen LogP contribution in [-0.2, 0) is 9.59 Å². The van der Waals surface area contributed by atoms with Crippen LogP contribution in [0.25, 0.3) is 6.08 Å². The molecule has 1 aliphatic carbocycles. The summed E-state index contributed by atoms with van der Waals surface area (Å²) in [5.74, 6) is -2.15. The molecule has 1 aliphatic heterocycles. The molecule has 2 aliphatic rings. The second kappa shape index (κ2) is 14.5. The highest BCUT2D eigenvalue weighted by atomic mass is 16.3. The number of aliphatic hydroxyl groups excluding tert-OH is 2. The number of carbonyl (C=O) groups is 2. The van der Waals surface area contributed by atoms with E-state index < -0.39 is 23.9 Å². The van der Waals surface area contributed by atoms with Crippen LogP contribution in [0.5, 0.6) is 5.75 Å². The van der Waals surface area contributed by atoms with Crippen LogP contribution >= 0.6 is 0 Å². The van der Waals surface area contributed by atoms with E-state index in [4.69, 9.17) is 0 Å². The molecule has 3 aromatic rings. The number of imide groups is 1. The SMILES string of the molecule is CCC/C(=C\c1cc(C)c(O)c(C)c1)CC[C@@H](O)C1=C(CC)C[C@H]2C(=O)N(c3ccc(Nc4ccccc4)cc3)C(=O)[C@H]2[C@H]1CO. The van der Waals surface area contributed by atoms with Crippen molar-refractivity contribution in [1.29, 1.82) is 0 Å². The first-order valence-corrected chi connectivity index (χ1v) is 16.5. The van der Waals surface area contributed by atoms with Crippen molar-refractivity contribution in [2.45, 2.75) is 72.3 Å². The van der Waals surface area contributed by atoms with Gasteiger partial charge in [0.2, 0.25) is 11.8 Å². The lowest BCUT2D eigenvalue weighted by atomic mass is 9.67. The average molecular weight is 623 g/mol. The van der Waals surface area contributed by atoms with Crippen molar-refractivity contribution < 1.29 is 24.9 Å². The minimum atomic E-state index is -0.836. The van der Waals surface area contributed by atoms with Gasteiger partial charge in [0.1, 0.15) is 5.75 Å². The molecule has 2 amide bonds. The number of allylic oxidation sites excluding steroid dienone is 2. The van der Waals surface area contributed by atoms with Crippen LogP contribution in [0.2, 0.25) is 0 Å². The number of benzene rings is 3. The van der Waals surface area contributed by atoms with Gasteiger partial charge in [-0.1, -0.05) is 55.7 Å². The van der Waals surface area contributed by atoms with Crippen molar-refractivity contribution in [1.82, 2.24) is 0 Å². The third-order valence-corrected chi connectivity index (χ3v) is 9.55. The second-order valence-corrected chi connectivity index (χ2v) is 12.7. The minimum absolute atomic E-state index is 0.246. The number of hydrogen-bond donors (Lipinski definition) is 4. The maximum atomic E-state index is 13.9. The van der Waals surface area contributed by atoms with E-state index in [0.717, 1.165) is 52.1 Å². The maximum absolute atomic E-state index is 13.9. The Kier molecular flexibility index (Phi) is 10.4. The molecule has 0 unspecified atom stereocenters. The Morgan fingerprint density at radius 2 is 1.61 bits per heavy atom. The maximum Gasteiger partial charge on any atom is 0.238 e. The number of nitrogens with zero attached hydrogens (tertiary/aromatic N) is 1. The van der Waals surface area contributed by atoms with E-state index in [1.54, 1.807) is 12.1 Å². The number of phenols is 1. The summed E-state index contributed by atoms with van der Waals surface area (Å²) in [6, 6.07) is 20.9. The van der Waals surface area contributed by atoms with Gasteiger partial charge in [-0.15, -0.1) is 0 Å². The van der Waals surface area contributed by atoms with Gasteiger partial charge in [0.05, 0.1) is 30.2 Å². The van der Waals surface area contributed by atoms with Crippen molar-refractivity contribution in [2.75, 3.05) is 16.8 Å². The fourth-order valence-corrected chi connectivity index (χ4v) is 7.31. The number of fused-ring (bicyclic) bond motifs is 1. The topological polar surface area (TPSA) is 110 Å². The number of carbonyl (C=O) groups excluding carboxylic acids is 2. The van der Waals surface area contributed by atoms with Crippen LogP contribution in [0.1, 0.15) is 69.1 Å². The summed E-state index contributed by atoms with van der Waals surface area (Å²) in [7, 11) is 0. The zero-order valence-electron chi connectivity index (χ0n) is 27.3. The summed E-state index contributed by atoms with van der Waals surface area (Å²) in [5.41, 5.74) is 7.84. The molecule has 1 saturated heterocycles. The number of amides is 2. The molecular formula is C39H46N2O5. The molecule has 1 heterocycles. The molecule has 5 rings (SSSR count). The van der Waals surface area contributed by atoms with Gasteiger partial charge in [0.25, 0.3) is 0 Å². The number of phenolic OH excluding ortho intramolecular Hbond substituents is 1. The van der Waals surface area contributed by atoms with Gasteiger partial charge in [-0.3, -0.25) is 14.5 Å². The number of rotatable bonds is 12. The lowest BCUT2D eigenvalue weighted by Crippen LogP contribution is -2.39. The molecule has 0 spiro atoms. The standard InChI is InChI=1S/C39H46N2O5/c1-5-10-26(21-27-19-24(3)37(44)25(4)20-27)13-18-34(43)35-28(6-2)22-32-36(33(35)23-42)39(46)41(38(32)45)31-16-14-30(15-17-31)40-29-11-8-7-9-12-29/h7-9,11-12,14-17,19-21,32-34,36,40,42-44H,5-6,10,13,18,22-23H2,1-4H3/b26-21+/t32-,33+,34-,36-/m1/s1. The Hall–Kier alpha value is -4.20. The molecule has 0 radical (unpaired) electrons. The molecule has 0 saturated carbocycles. The van der Waals surface area contributed by atoms with Gasteiger partial charge in [-0.2, -0.15) is 0 Å². The Morgan fingerprint density at radius 3 is 2.22 bits per heavy atom. The largest absolute Gasteiger partial charge is 0.507 e. The van der Waals surface area contributed by atoms with Crippen LogP contribution in [0.4, 0.5) is 17.1 Å². The molecular weight excluding hydrogens is 576 g/mol. The van der Waals surface area contributed by atoms with Crippen LogP contribution < -0.4 is 10.2 Å². The smallest absolute Gasteiger partial charge is 0.238 e. The molecule has 0 aromatic heterocycles. The highest BCUT2D eigenvalue weighted by Crippen LogP contribution is 2.48. The fraction of sp³-hybridized carbons (Fsp3) is 0.385. The predicted octanol–water partition coefficient (Wildman–Crippen LogP) is 7.60. The van der Waals surface area contributed by atoms with Gasteiger partial charge < -0.3 is 20.6 Å². The third kappa shape index (κ3) is 6.81. The first kappa shape index (κ1) is 33.2. The van der Waals surface area contributed by atoms with E-state index in [1.165, 1.54) is 10.5 Å². The van der Waals surface area contributed by atoms with Gasteiger partial charge in [-0.05, 0) is 117 Å². The third-order valence-electron chi connectivity index (χ3n) is 9.55. The molecule has 4 atom stereocenters. The van der Waals surface area contributed by atoms with Crippen LogP contribution in [0, 0.1) is 31.6 Å². The van der Waals surface area contributed by atoms with Crippen molar-refractivity contribution >= 4 is 35.0 Å². The van der Waals surface area contributed by atoms with Gasteiger partial charge in [-0.25, -0.2) is 0 Å². The average Bonchev–Trinajstić information content (AvgIpc) is 3.30. The Balaban J connectivity index is 1.34. The van der Waals surface area contributed by atoms with Crippen molar-refractivity contribution in [2.24, 2.45) is 17.8 Å². The Morgan fingerprint density at radius 1 is 0.957 bits per heavy atom. The summed E-state index contributed by atoms with van der Waals surface area (Å²) in [5, 5.41) is 35.8. The zero-order chi connectivity index (χ0) is 33.0. The summed E-state index contributed by atoms with van der Waals surface area (Å²) < 4.78 is 0. The van der Waals surface area contributed by atoms with Crippen LogP contribution in [-0.4, -0.2) is 39.8 Å². The predicted molar refractivity (Wildman–Crippen MR) is 184 cm³/mol. The summed E-state index contributed by atoms with van der Waals surface area (Å²) in [6.45, 7) is 7.60. The highest BCUT2D eigenvalue weighted by molar-refractivity contribution is 6.22. The van der Waals surface area contributed by atoms with E-state index in [-0.39, 0.29) is 18.4 Å². The summed E-state index contributed by atoms with van der Waals surface area (Å²) in [6.07, 6.45) is 5.29. The number of aryl methyl sites for hydroxylation is 2. The van der Waals surface area contributed by atoms with Crippen molar-refractivity contribution in [3.8, 4) is 5.75 Å². The number of aliphatic hydroxyl groups is 2. The first-order valence-electron chi connectivity index (χ1n) is 16.5. The molecule has 242 valence electrons. The summed E-state index contributed by atoms with van der Waals surface area (Å²) >= 11 is 0. The monoisotopic (exact) mass is 622 g/mol. The van der Waals surface area contributed by atoms with Crippen LogP contribution in [0.15, 0.2) is 83.4 Å². The quantitative estimate of drug-likeness (QED) is 0.122. The highest BCUT2D eigenvalue weighted by Gasteiger charge is 2.55. The van der Waals surface area contributed by atoms with Crippen molar-refractivity contribution in [3.63, 3.8) is 0 Å². The molecule has 3 aromatic carbocycles. The van der Waals surface area contributed by atoms with Gasteiger partial charge in [0, 0.05) is 17.3 Å². The molecule has 46 heavy (non-hydrogen) atoms. The van der Waals surface area contributed by atoms with Crippen molar-refractivity contribution in [3.05, 3.63) is 100 Å². The molecule has 4 N–H and O–H groups in total. The van der Waals surface area contributed by atoms with E-state index >= 15 is 0 Å². The van der Waals surface area contributed by atoms with E-state index in [0.29, 0.717) is 37.1 Å². The summed E-state index contributed by atoms with van der Waals surface area (Å²) in [4.78, 5) is 29.0. The first-order chi connectivity index (χ1) is 22.2. The fourth-order valence-electron chi connectivity index (χ4n) is 7.31. The minimum Gasteiger partial charge on any atom is -0.507 e. The number of para-hydroxylation sites is 1. The van der Waals surface area contributed by atoms with E-state index in [1.807, 2.05) is 75.4 Å². The zero-order valence-corrected chi connectivity index (χ0v) is 27.3. The lowest BCUT2D eigenvalue weighted by Gasteiger charge is -2.36. The number of hydrogen-bond acceptors (Lipinski definition) is 6. The number of anilines is 3. The molecule has 0 bridgehead atoms. The van der Waals surface area contributed by atoms with Gasteiger partial charge in [0.15, 0.2) is 0 Å². The molecule has 7 heteroatoms. The van der Waals surface area contributed by atoms with Crippen LogP contribution in [0.3, 0.4) is 0 Å². The van der Waals surface area contributed by atoms with Gasteiger partial charge >= 0.3 is 0 Å².